The molecule has 2 saturated carbocycles. The Morgan fingerprint density at radius 2 is 2.04 bits per heavy atom. The zero-order valence-corrected chi connectivity index (χ0v) is 15.8. The highest BCUT2D eigenvalue weighted by Crippen LogP contribution is 2.42. The van der Waals surface area contributed by atoms with Crippen LogP contribution in [0.25, 0.3) is 0 Å². The number of aliphatic hydroxyl groups is 1. The van der Waals surface area contributed by atoms with Crippen LogP contribution in [-0.2, 0) is 0 Å². The van der Waals surface area contributed by atoms with Crippen molar-refractivity contribution in [2.45, 2.75) is 76.9 Å². The lowest BCUT2D eigenvalue weighted by molar-refractivity contribution is -0.0295. The number of hydrogen-bond acceptors (Lipinski definition) is 6. The van der Waals surface area contributed by atoms with Crippen LogP contribution in [-0.4, -0.2) is 39.2 Å². The van der Waals surface area contributed by atoms with Gasteiger partial charge in [0.05, 0.1) is 11.2 Å². The Labute approximate surface area is 155 Å². The Hall–Kier alpha value is -1.89. The van der Waals surface area contributed by atoms with Gasteiger partial charge >= 0.3 is 0 Å². The normalized spacial score (nSPS) is 29.0. The molecule has 26 heavy (non-hydrogen) atoms. The Balaban J connectivity index is 1.64. The zero-order chi connectivity index (χ0) is 18.8. The number of hydrogen-bond donors (Lipinski definition) is 4. The SMILES string of the molecule is CCC1(O)CCC(C)(CNc2ncc(C(N)=O)c(NC3CCC3)n2)CC1. The summed E-state index contributed by atoms with van der Waals surface area (Å²) >= 11 is 0. The molecule has 1 aromatic rings. The van der Waals surface area contributed by atoms with E-state index in [1.54, 1.807) is 0 Å². The Kier molecular flexibility index (Phi) is 5.37. The van der Waals surface area contributed by atoms with Gasteiger partial charge in [0.15, 0.2) is 0 Å². The average Bonchev–Trinajstić information content (AvgIpc) is 2.59. The first kappa shape index (κ1) is 18.9. The largest absolute Gasteiger partial charge is 0.390 e. The van der Waals surface area contributed by atoms with Gasteiger partial charge in [0.2, 0.25) is 5.95 Å². The summed E-state index contributed by atoms with van der Waals surface area (Å²) in [4.78, 5) is 20.4. The van der Waals surface area contributed by atoms with Gasteiger partial charge in [-0.25, -0.2) is 4.98 Å². The smallest absolute Gasteiger partial charge is 0.254 e. The average molecular weight is 361 g/mol. The number of anilines is 2. The molecule has 0 radical (unpaired) electrons. The maximum absolute atomic E-state index is 11.6. The van der Waals surface area contributed by atoms with E-state index in [9.17, 15) is 9.90 Å². The topological polar surface area (TPSA) is 113 Å². The van der Waals surface area contributed by atoms with Crippen LogP contribution in [0.15, 0.2) is 6.20 Å². The zero-order valence-electron chi connectivity index (χ0n) is 15.8. The summed E-state index contributed by atoms with van der Waals surface area (Å²) in [7, 11) is 0. The molecule has 0 saturated heterocycles. The third-order valence-electron chi connectivity index (χ3n) is 6.22. The number of aromatic nitrogens is 2. The number of nitrogens with one attached hydrogen (secondary N) is 2. The number of carbonyl (C=O) groups is 1. The molecule has 5 N–H and O–H groups in total. The Morgan fingerprint density at radius 3 is 2.58 bits per heavy atom. The van der Waals surface area contributed by atoms with Gasteiger partial charge in [-0.15, -0.1) is 0 Å². The Bertz CT molecular complexity index is 651. The molecule has 3 rings (SSSR count). The van der Waals surface area contributed by atoms with Crippen molar-refractivity contribution in [3.63, 3.8) is 0 Å². The lowest BCUT2D eigenvalue weighted by atomic mass is 9.69. The summed E-state index contributed by atoms with van der Waals surface area (Å²) in [5.41, 5.74) is 5.38. The first-order valence-corrected chi connectivity index (χ1v) is 9.72. The van der Waals surface area contributed by atoms with Crippen molar-refractivity contribution < 1.29 is 9.90 Å². The predicted molar refractivity (Wildman–Crippen MR) is 102 cm³/mol. The van der Waals surface area contributed by atoms with Crippen molar-refractivity contribution in [3.8, 4) is 0 Å². The fraction of sp³-hybridized carbons (Fsp3) is 0.737. The first-order chi connectivity index (χ1) is 12.3. The summed E-state index contributed by atoms with van der Waals surface area (Å²) in [5, 5.41) is 17.1. The molecule has 7 nitrogen and oxygen atoms in total. The van der Waals surface area contributed by atoms with Crippen LogP contribution in [0.2, 0.25) is 0 Å². The lowest BCUT2D eigenvalue weighted by Gasteiger charge is -2.42. The monoisotopic (exact) mass is 361 g/mol. The minimum Gasteiger partial charge on any atom is -0.390 e. The van der Waals surface area contributed by atoms with E-state index >= 15 is 0 Å². The van der Waals surface area contributed by atoms with Crippen molar-refractivity contribution in [3.05, 3.63) is 11.8 Å². The Morgan fingerprint density at radius 1 is 1.35 bits per heavy atom. The summed E-state index contributed by atoms with van der Waals surface area (Å²) < 4.78 is 0. The molecule has 1 amide bonds. The second-order valence-corrected chi connectivity index (χ2v) is 8.33. The maximum atomic E-state index is 11.6. The second kappa shape index (κ2) is 7.39. The third kappa shape index (κ3) is 4.26. The minimum atomic E-state index is -0.517. The summed E-state index contributed by atoms with van der Waals surface area (Å²) in [6.45, 7) is 5.03. The van der Waals surface area contributed by atoms with Crippen molar-refractivity contribution in [1.29, 1.82) is 0 Å². The minimum absolute atomic E-state index is 0.106. The van der Waals surface area contributed by atoms with E-state index in [0.29, 0.717) is 23.4 Å². The number of nitrogens with two attached hydrogens (primary N) is 1. The maximum Gasteiger partial charge on any atom is 0.254 e. The van der Waals surface area contributed by atoms with Crippen LogP contribution in [0.1, 0.15) is 75.6 Å². The predicted octanol–water partition coefficient (Wildman–Crippen LogP) is 2.67. The van der Waals surface area contributed by atoms with Crippen molar-refractivity contribution in [1.82, 2.24) is 9.97 Å². The van der Waals surface area contributed by atoms with Gasteiger partial charge in [-0.2, -0.15) is 4.98 Å². The summed E-state index contributed by atoms with van der Waals surface area (Å²) in [6, 6.07) is 0.360. The van der Waals surface area contributed by atoms with E-state index in [-0.39, 0.29) is 5.41 Å². The lowest BCUT2D eigenvalue weighted by Crippen LogP contribution is -2.40. The molecule has 0 unspecified atom stereocenters. The highest BCUT2D eigenvalue weighted by Gasteiger charge is 2.37. The second-order valence-electron chi connectivity index (χ2n) is 8.33. The first-order valence-electron chi connectivity index (χ1n) is 9.72. The van der Waals surface area contributed by atoms with Crippen LogP contribution in [0.3, 0.4) is 0 Å². The van der Waals surface area contributed by atoms with Crippen molar-refractivity contribution in [2.75, 3.05) is 17.2 Å². The molecule has 1 heterocycles. The van der Waals surface area contributed by atoms with Crippen LogP contribution >= 0.6 is 0 Å². The van der Waals surface area contributed by atoms with Crippen molar-refractivity contribution in [2.24, 2.45) is 11.1 Å². The highest BCUT2D eigenvalue weighted by molar-refractivity contribution is 5.97. The van der Waals surface area contributed by atoms with E-state index in [1.165, 1.54) is 12.6 Å². The molecule has 7 heteroatoms. The van der Waals surface area contributed by atoms with Crippen molar-refractivity contribution >= 4 is 17.7 Å². The van der Waals surface area contributed by atoms with Gasteiger partial charge in [0, 0.05) is 18.8 Å². The molecule has 144 valence electrons. The highest BCUT2D eigenvalue weighted by atomic mass is 16.3. The number of rotatable bonds is 7. The summed E-state index contributed by atoms with van der Waals surface area (Å²) in [5.74, 6) is 0.514. The van der Waals surface area contributed by atoms with E-state index in [2.05, 4.69) is 27.5 Å². The molecule has 2 fully saturated rings. The van der Waals surface area contributed by atoms with E-state index in [0.717, 1.165) is 51.5 Å². The van der Waals surface area contributed by atoms with Crippen LogP contribution < -0.4 is 16.4 Å². The van der Waals surface area contributed by atoms with Gasteiger partial charge in [0.25, 0.3) is 5.91 Å². The fourth-order valence-electron chi connectivity index (χ4n) is 3.64. The number of carbonyl (C=O) groups excluding carboxylic acids is 1. The quantitative estimate of drug-likeness (QED) is 0.594. The molecule has 0 aromatic carbocycles. The molecule has 2 aliphatic rings. The standard InChI is InChI=1S/C19H31N5O2/c1-3-19(26)9-7-18(2,8-10-19)12-22-17-21-11-14(15(20)25)16(24-17)23-13-5-4-6-13/h11,13,26H,3-10,12H2,1-2H3,(H2,20,25)(H2,21,22,23,24). The molecular weight excluding hydrogens is 330 g/mol. The fourth-order valence-corrected chi connectivity index (χ4v) is 3.64. The number of amides is 1. The number of primary amides is 1. The number of nitrogens with zero attached hydrogens (tertiary/aromatic N) is 2. The van der Waals surface area contributed by atoms with Crippen LogP contribution in [0, 0.1) is 5.41 Å². The van der Waals surface area contributed by atoms with Gasteiger partial charge in [0.1, 0.15) is 5.82 Å². The van der Waals surface area contributed by atoms with Crippen LogP contribution in [0.5, 0.6) is 0 Å². The molecule has 0 bridgehead atoms. The molecule has 2 aliphatic carbocycles. The summed E-state index contributed by atoms with van der Waals surface area (Å²) in [6.07, 6.45) is 9.28. The van der Waals surface area contributed by atoms with Gasteiger partial charge in [-0.3, -0.25) is 4.79 Å². The van der Waals surface area contributed by atoms with Gasteiger partial charge in [-0.05, 0) is 56.8 Å². The molecule has 1 aromatic heterocycles. The molecule has 0 spiro atoms. The van der Waals surface area contributed by atoms with E-state index in [1.807, 2.05) is 6.92 Å². The molecule has 0 atom stereocenters. The van der Waals surface area contributed by atoms with Gasteiger partial charge < -0.3 is 21.5 Å². The van der Waals surface area contributed by atoms with Crippen LogP contribution in [0.4, 0.5) is 11.8 Å². The molecule has 0 aliphatic heterocycles. The third-order valence-corrected chi connectivity index (χ3v) is 6.22. The van der Waals surface area contributed by atoms with Gasteiger partial charge in [-0.1, -0.05) is 13.8 Å². The van der Waals surface area contributed by atoms with E-state index in [4.69, 9.17) is 5.73 Å². The molecular formula is C19H31N5O2. The van der Waals surface area contributed by atoms with E-state index < -0.39 is 11.5 Å².